The molecule has 0 radical (unpaired) electrons. The number of β-amino-alcohol motifs (C(OH)–C–C–N with tert-alkyl or cyclic N) is 1. The molecular weight excluding hydrogens is 457 g/mol. The summed E-state index contributed by atoms with van der Waals surface area (Å²) in [5.74, 6) is -0.588. The number of carbonyl (C=O) groups excluding carboxylic acids is 1. The molecule has 4 rings (SSSR count). The van der Waals surface area contributed by atoms with Crippen molar-refractivity contribution in [3.63, 3.8) is 0 Å². The van der Waals surface area contributed by atoms with Gasteiger partial charge in [-0.15, -0.1) is 0 Å². The molecule has 0 saturated carbocycles. The summed E-state index contributed by atoms with van der Waals surface area (Å²) in [5.41, 5.74) is 2.96. The summed E-state index contributed by atoms with van der Waals surface area (Å²) in [6, 6.07) is 26.4. The molecule has 0 aliphatic carbocycles. The van der Waals surface area contributed by atoms with E-state index in [2.05, 4.69) is 29.2 Å². The standard InChI is InChI=1S/C30H34FNO4/c1-22(33)36-29(24-12-14-27(31)15-13-24)21-32-18-16-23(28(34)20-32)17-19-35-30(25-8-4-2-5-9-25)26-10-6-3-7-11-26/h2-15,23,28-30,34H,16-21H2,1H3/t23-,28+,29-/m0/s1. The highest BCUT2D eigenvalue weighted by molar-refractivity contribution is 5.66. The second kappa shape index (κ2) is 12.8. The summed E-state index contributed by atoms with van der Waals surface area (Å²) in [4.78, 5) is 13.8. The zero-order valence-electron chi connectivity index (χ0n) is 20.6. The van der Waals surface area contributed by atoms with Gasteiger partial charge in [-0.3, -0.25) is 9.69 Å². The van der Waals surface area contributed by atoms with E-state index in [1.807, 2.05) is 36.4 Å². The molecule has 0 amide bonds. The van der Waals surface area contributed by atoms with Crippen LogP contribution in [0.1, 0.15) is 48.7 Å². The Bertz CT molecular complexity index is 1040. The highest BCUT2D eigenvalue weighted by atomic mass is 19.1. The molecule has 36 heavy (non-hydrogen) atoms. The minimum Gasteiger partial charge on any atom is -0.456 e. The number of likely N-dealkylation sites (tertiary alicyclic amines) is 1. The van der Waals surface area contributed by atoms with E-state index in [9.17, 15) is 14.3 Å². The van der Waals surface area contributed by atoms with Gasteiger partial charge in [0.15, 0.2) is 0 Å². The molecule has 0 aromatic heterocycles. The van der Waals surface area contributed by atoms with Gasteiger partial charge in [-0.1, -0.05) is 72.8 Å². The lowest BCUT2D eigenvalue weighted by Gasteiger charge is -2.37. The van der Waals surface area contributed by atoms with Crippen molar-refractivity contribution in [2.45, 2.75) is 38.1 Å². The molecule has 0 bridgehead atoms. The molecule has 6 heteroatoms. The number of hydrogen-bond donors (Lipinski definition) is 1. The lowest BCUT2D eigenvalue weighted by atomic mass is 9.90. The van der Waals surface area contributed by atoms with E-state index in [4.69, 9.17) is 9.47 Å². The highest BCUT2D eigenvalue weighted by Gasteiger charge is 2.30. The predicted octanol–water partition coefficient (Wildman–Crippen LogP) is 5.31. The van der Waals surface area contributed by atoms with Gasteiger partial charge in [0.1, 0.15) is 18.0 Å². The second-order valence-corrected chi connectivity index (χ2v) is 9.39. The summed E-state index contributed by atoms with van der Waals surface area (Å²) in [6.07, 6.45) is 0.427. The van der Waals surface area contributed by atoms with Gasteiger partial charge < -0.3 is 14.6 Å². The highest BCUT2D eigenvalue weighted by Crippen LogP contribution is 2.29. The fourth-order valence-corrected chi connectivity index (χ4v) is 4.85. The van der Waals surface area contributed by atoms with Crippen molar-refractivity contribution in [3.05, 3.63) is 107 Å². The van der Waals surface area contributed by atoms with Crippen LogP contribution in [-0.4, -0.2) is 48.3 Å². The Kier molecular flexibility index (Phi) is 9.23. The first kappa shape index (κ1) is 26.0. The molecular formula is C30H34FNO4. The van der Waals surface area contributed by atoms with Crippen molar-refractivity contribution in [3.8, 4) is 0 Å². The van der Waals surface area contributed by atoms with E-state index < -0.39 is 12.2 Å². The third-order valence-electron chi connectivity index (χ3n) is 6.76. The summed E-state index contributed by atoms with van der Waals surface area (Å²) in [6.45, 7) is 3.64. The van der Waals surface area contributed by atoms with Crippen LogP contribution < -0.4 is 0 Å². The molecule has 1 N–H and O–H groups in total. The Morgan fingerprint density at radius 3 is 2.14 bits per heavy atom. The molecule has 1 fully saturated rings. The number of rotatable bonds is 10. The Labute approximate surface area is 212 Å². The molecule has 1 aliphatic heterocycles. The molecule has 1 aliphatic rings. The van der Waals surface area contributed by atoms with Crippen LogP contribution in [0.4, 0.5) is 4.39 Å². The number of esters is 1. The number of benzene rings is 3. The first-order chi connectivity index (χ1) is 17.5. The van der Waals surface area contributed by atoms with E-state index in [0.717, 1.165) is 36.1 Å². The van der Waals surface area contributed by atoms with Gasteiger partial charge in [-0.25, -0.2) is 4.39 Å². The third kappa shape index (κ3) is 7.23. The predicted molar refractivity (Wildman–Crippen MR) is 137 cm³/mol. The molecule has 3 aromatic rings. The summed E-state index contributed by atoms with van der Waals surface area (Å²) < 4.78 is 25.2. The Hall–Kier alpha value is -3.06. The monoisotopic (exact) mass is 491 g/mol. The van der Waals surface area contributed by atoms with Crippen LogP contribution in [0.2, 0.25) is 0 Å². The van der Waals surface area contributed by atoms with Gasteiger partial charge in [0.05, 0.1) is 6.10 Å². The lowest BCUT2D eigenvalue weighted by Crippen LogP contribution is -2.45. The van der Waals surface area contributed by atoms with Gasteiger partial charge in [0.25, 0.3) is 0 Å². The molecule has 3 atom stereocenters. The first-order valence-electron chi connectivity index (χ1n) is 12.5. The van der Waals surface area contributed by atoms with Crippen molar-refractivity contribution in [1.29, 1.82) is 0 Å². The largest absolute Gasteiger partial charge is 0.456 e. The normalized spacial score (nSPS) is 19.2. The maximum absolute atomic E-state index is 13.3. The van der Waals surface area contributed by atoms with Gasteiger partial charge >= 0.3 is 5.97 Å². The Balaban J connectivity index is 1.31. The fourth-order valence-electron chi connectivity index (χ4n) is 4.85. The summed E-state index contributed by atoms with van der Waals surface area (Å²) in [5, 5.41) is 10.9. The molecule has 0 spiro atoms. The number of piperidine rings is 1. The fraction of sp³-hybridized carbons (Fsp3) is 0.367. The minimum absolute atomic E-state index is 0.131. The molecule has 1 saturated heterocycles. The number of halogens is 1. The lowest BCUT2D eigenvalue weighted by molar-refractivity contribution is -0.148. The van der Waals surface area contributed by atoms with Crippen molar-refractivity contribution in [2.75, 3.05) is 26.2 Å². The van der Waals surface area contributed by atoms with Crippen molar-refractivity contribution < 1.29 is 23.8 Å². The average molecular weight is 492 g/mol. The zero-order chi connectivity index (χ0) is 25.3. The van der Waals surface area contributed by atoms with Crippen LogP contribution in [0.5, 0.6) is 0 Å². The van der Waals surface area contributed by atoms with Gasteiger partial charge in [-0.05, 0) is 54.1 Å². The molecule has 0 unspecified atom stereocenters. The van der Waals surface area contributed by atoms with Crippen LogP contribution in [0.15, 0.2) is 84.9 Å². The number of carbonyl (C=O) groups is 1. The second-order valence-electron chi connectivity index (χ2n) is 9.39. The Morgan fingerprint density at radius 1 is 0.972 bits per heavy atom. The van der Waals surface area contributed by atoms with Crippen LogP contribution in [0, 0.1) is 11.7 Å². The molecule has 3 aromatic carbocycles. The maximum Gasteiger partial charge on any atom is 0.303 e. The quantitative estimate of drug-likeness (QED) is 0.390. The Morgan fingerprint density at radius 2 is 1.58 bits per heavy atom. The van der Waals surface area contributed by atoms with Crippen LogP contribution >= 0.6 is 0 Å². The molecule has 190 valence electrons. The average Bonchev–Trinajstić information content (AvgIpc) is 2.88. The number of hydrogen-bond acceptors (Lipinski definition) is 5. The van der Waals surface area contributed by atoms with Gasteiger partial charge in [-0.2, -0.15) is 0 Å². The SMILES string of the molecule is CC(=O)O[C@@H](CN1CC[C@@H](CCOC(c2ccccc2)c2ccccc2)[C@H](O)C1)c1ccc(F)cc1. The summed E-state index contributed by atoms with van der Waals surface area (Å²) in [7, 11) is 0. The molecule has 1 heterocycles. The number of aliphatic hydroxyl groups is 1. The van der Waals surface area contributed by atoms with Gasteiger partial charge in [0, 0.05) is 26.6 Å². The van der Waals surface area contributed by atoms with Crippen LogP contribution in [0.25, 0.3) is 0 Å². The number of aliphatic hydroxyl groups excluding tert-OH is 1. The van der Waals surface area contributed by atoms with E-state index in [-0.39, 0.29) is 23.8 Å². The smallest absolute Gasteiger partial charge is 0.303 e. The van der Waals surface area contributed by atoms with E-state index in [0.29, 0.717) is 19.7 Å². The van der Waals surface area contributed by atoms with E-state index in [1.54, 1.807) is 12.1 Å². The summed E-state index contributed by atoms with van der Waals surface area (Å²) >= 11 is 0. The molecule has 5 nitrogen and oxygen atoms in total. The van der Waals surface area contributed by atoms with Gasteiger partial charge in [0.2, 0.25) is 0 Å². The first-order valence-corrected chi connectivity index (χ1v) is 12.5. The maximum atomic E-state index is 13.3. The van der Waals surface area contributed by atoms with Crippen molar-refractivity contribution in [1.82, 2.24) is 4.90 Å². The third-order valence-corrected chi connectivity index (χ3v) is 6.76. The number of ether oxygens (including phenoxy) is 2. The van der Waals surface area contributed by atoms with Crippen LogP contribution in [-0.2, 0) is 14.3 Å². The van der Waals surface area contributed by atoms with Crippen molar-refractivity contribution in [2.24, 2.45) is 5.92 Å². The van der Waals surface area contributed by atoms with Crippen LogP contribution in [0.3, 0.4) is 0 Å². The van der Waals surface area contributed by atoms with Crippen molar-refractivity contribution >= 4 is 5.97 Å². The van der Waals surface area contributed by atoms with E-state index in [1.165, 1.54) is 19.1 Å². The minimum atomic E-state index is -0.507. The topological polar surface area (TPSA) is 59.0 Å². The zero-order valence-corrected chi connectivity index (χ0v) is 20.6. The number of nitrogens with zero attached hydrogens (tertiary/aromatic N) is 1. The van der Waals surface area contributed by atoms with E-state index >= 15 is 0 Å².